The van der Waals surface area contributed by atoms with E-state index in [9.17, 15) is 14.3 Å². The summed E-state index contributed by atoms with van der Waals surface area (Å²) in [5.41, 5.74) is 2.45. The second-order valence-corrected chi connectivity index (χ2v) is 5.72. The van der Waals surface area contributed by atoms with Crippen molar-refractivity contribution in [3.05, 3.63) is 71.7 Å². The van der Waals surface area contributed by atoms with Gasteiger partial charge in [0.15, 0.2) is 0 Å². The number of aromatic nitrogens is 1. The molecule has 0 fully saturated rings. The molecule has 0 bridgehead atoms. The number of halogens is 1. The summed E-state index contributed by atoms with van der Waals surface area (Å²) in [6, 6.07) is 13.8. The van der Waals surface area contributed by atoms with Crippen LogP contribution in [0.15, 0.2) is 54.7 Å². The van der Waals surface area contributed by atoms with Crippen LogP contribution in [-0.4, -0.2) is 22.6 Å². The Hall–Kier alpha value is -2.66. The summed E-state index contributed by atoms with van der Waals surface area (Å²) >= 11 is 0. The zero-order valence-electron chi connectivity index (χ0n) is 13.1. The Balaban J connectivity index is 1.73. The molecule has 124 valence electrons. The molecular weight excluding hydrogens is 307 g/mol. The monoisotopic (exact) mass is 326 g/mol. The minimum Gasteiger partial charge on any atom is -0.396 e. The highest BCUT2D eigenvalue weighted by atomic mass is 19.1. The SMILES string of the molecule is O=C(Cc1c[nH]c2cc(F)ccc12)NC(CCO)c1ccccc1. The van der Waals surface area contributed by atoms with Crippen molar-refractivity contribution in [3.8, 4) is 0 Å². The van der Waals surface area contributed by atoms with E-state index in [-0.39, 0.29) is 30.8 Å². The molecule has 0 saturated heterocycles. The number of H-pyrrole nitrogens is 1. The Bertz CT molecular complexity index is 830. The Morgan fingerprint density at radius 1 is 1.21 bits per heavy atom. The van der Waals surface area contributed by atoms with Crippen LogP contribution < -0.4 is 5.32 Å². The first-order valence-corrected chi connectivity index (χ1v) is 7.88. The van der Waals surface area contributed by atoms with Crippen LogP contribution in [0.5, 0.6) is 0 Å². The maximum atomic E-state index is 13.2. The van der Waals surface area contributed by atoms with Gasteiger partial charge < -0.3 is 15.4 Å². The van der Waals surface area contributed by atoms with Crippen molar-refractivity contribution < 1.29 is 14.3 Å². The summed E-state index contributed by atoms with van der Waals surface area (Å²) < 4.78 is 13.2. The van der Waals surface area contributed by atoms with E-state index in [0.717, 1.165) is 16.5 Å². The van der Waals surface area contributed by atoms with Crippen molar-refractivity contribution in [2.45, 2.75) is 18.9 Å². The molecule has 1 unspecified atom stereocenters. The Labute approximate surface area is 139 Å². The van der Waals surface area contributed by atoms with Gasteiger partial charge in [-0.15, -0.1) is 0 Å². The van der Waals surface area contributed by atoms with Crippen LogP contribution in [0, 0.1) is 5.82 Å². The summed E-state index contributed by atoms with van der Waals surface area (Å²) in [6.45, 7) is -0.00773. The number of aliphatic hydroxyl groups is 1. The summed E-state index contributed by atoms with van der Waals surface area (Å²) in [7, 11) is 0. The summed E-state index contributed by atoms with van der Waals surface area (Å²) in [6.07, 6.45) is 2.38. The second-order valence-electron chi connectivity index (χ2n) is 5.72. The van der Waals surface area contributed by atoms with Crippen LogP contribution in [0.1, 0.15) is 23.6 Å². The maximum Gasteiger partial charge on any atom is 0.224 e. The number of aliphatic hydroxyl groups excluding tert-OH is 1. The number of amides is 1. The predicted octanol–water partition coefficient (Wildman–Crippen LogP) is 3.09. The van der Waals surface area contributed by atoms with Crippen molar-refractivity contribution in [1.82, 2.24) is 10.3 Å². The molecule has 3 rings (SSSR count). The predicted molar refractivity (Wildman–Crippen MR) is 91.0 cm³/mol. The lowest BCUT2D eigenvalue weighted by Crippen LogP contribution is -2.30. The second kappa shape index (κ2) is 7.27. The molecule has 0 aliphatic rings. The molecule has 1 aromatic heterocycles. The van der Waals surface area contributed by atoms with Gasteiger partial charge in [0.05, 0.1) is 12.5 Å². The largest absolute Gasteiger partial charge is 0.396 e. The molecule has 1 amide bonds. The molecule has 0 aliphatic heterocycles. The highest BCUT2D eigenvalue weighted by Crippen LogP contribution is 2.21. The van der Waals surface area contributed by atoms with Crippen molar-refractivity contribution in [2.24, 2.45) is 0 Å². The standard InChI is InChI=1S/C19H19FN2O2/c20-15-6-7-16-14(12-21-18(16)11-15)10-19(24)22-17(8-9-23)13-4-2-1-3-5-13/h1-7,11-12,17,21,23H,8-10H2,(H,22,24). The van der Waals surface area contributed by atoms with Gasteiger partial charge in [-0.3, -0.25) is 4.79 Å². The van der Waals surface area contributed by atoms with E-state index in [0.29, 0.717) is 11.9 Å². The molecule has 1 atom stereocenters. The third-order valence-electron chi connectivity index (χ3n) is 4.04. The number of carbonyl (C=O) groups is 1. The average Bonchev–Trinajstić information content (AvgIpc) is 2.97. The van der Waals surface area contributed by atoms with Gasteiger partial charge in [-0.1, -0.05) is 30.3 Å². The number of fused-ring (bicyclic) bond motifs is 1. The zero-order valence-corrected chi connectivity index (χ0v) is 13.1. The first-order valence-electron chi connectivity index (χ1n) is 7.88. The summed E-state index contributed by atoms with van der Waals surface area (Å²) in [5.74, 6) is -0.449. The van der Waals surface area contributed by atoms with Gasteiger partial charge in [-0.25, -0.2) is 4.39 Å². The average molecular weight is 326 g/mol. The minimum absolute atomic E-state index is 0.00773. The molecule has 3 N–H and O–H groups in total. The van der Waals surface area contributed by atoms with Gasteiger partial charge in [0.25, 0.3) is 0 Å². The quantitative estimate of drug-likeness (QED) is 0.652. The molecule has 0 spiro atoms. The highest BCUT2D eigenvalue weighted by Gasteiger charge is 2.15. The van der Waals surface area contributed by atoms with E-state index in [1.54, 1.807) is 12.3 Å². The summed E-state index contributed by atoms with van der Waals surface area (Å²) in [5, 5.41) is 13.0. The van der Waals surface area contributed by atoms with Crippen LogP contribution in [-0.2, 0) is 11.2 Å². The number of carbonyl (C=O) groups excluding carboxylic acids is 1. The third-order valence-corrected chi connectivity index (χ3v) is 4.04. The third kappa shape index (κ3) is 3.63. The molecule has 0 radical (unpaired) electrons. The number of aromatic amines is 1. The van der Waals surface area contributed by atoms with Crippen LogP contribution in [0.2, 0.25) is 0 Å². The maximum absolute atomic E-state index is 13.2. The van der Waals surface area contributed by atoms with E-state index >= 15 is 0 Å². The molecule has 3 aromatic rings. The Morgan fingerprint density at radius 3 is 2.75 bits per heavy atom. The molecular formula is C19H19FN2O2. The molecule has 4 nitrogen and oxygen atoms in total. The number of hydrogen-bond acceptors (Lipinski definition) is 2. The zero-order chi connectivity index (χ0) is 16.9. The van der Waals surface area contributed by atoms with Crippen LogP contribution in [0.3, 0.4) is 0 Å². The van der Waals surface area contributed by atoms with E-state index in [2.05, 4.69) is 10.3 Å². The number of hydrogen-bond donors (Lipinski definition) is 3. The van der Waals surface area contributed by atoms with Gasteiger partial charge in [0.2, 0.25) is 5.91 Å². The van der Waals surface area contributed by atoms with Crippen LogP contribution in [0.4, 0.5) is 4.39 Å². The van der Waals surface area contributed by atoms with Crippen LogP contribution >= 0.6 is 0 Å². The Kier molecular flexibility index (Phi) is 4.91. The summed E-state index contributed by atoms with van der Waals surface area (Å²) in [4.78, 5) is 15.4. The smallest absolute Gasteiger partial charge is 0.224 e. The van der Waals surface area contributed by atoms with E-state index in [4.69, 9.17) is 0 Å². The van der Waals surface area contributed by atoms with Crippen LogP contribution in [0.25, 0.3) is 10.9 Å². The first kappa shape index (κ1) is 16.2. The number of rotatable bonds is 6. The molecule has 1 heterocycles. The van der Waals surface area contributed by atoms with Crippen molar-refractivity contribution in [1.29, 1.82) is 0 Å². The van der Waals surface area contributed by atoms with Gasteiger partial charge in [0, 0.05) is 23.7 Å². The molecule has 2 aromatic carbocycles. The van der Waals surface area contributed by atoms with Gasteiger partial charge in [-0.2, -0.15) is 0 Å². The highest BCUT2D eigenvalue weighted by molar-refractivity contribution is 5.89. The minimum atomic E-state index is -0.313. The normalized spacial score (nSPS) is 12.2. The lowest BCUT2D eigenvalue weighted by molar-refractivity contribution is -0.121. The van der Waals surface area contributed by atoms with Gasteiger partial charge >= 0.3 is 0 Å². The molecule has 0 aliphatic carbocycles. The molecule has 0 saturated carbocycles. The fraction of sp³-hybridized carbons (Fsp3) is 0.211. The lowest BCUT2D eigenvalue weighted by atomic mass is 10.0. The van der Waals surface area contributed by atoms with Gasteiger partial charge in [0.1, 0.15) is 5.82 Å². The topological polar surface area (TPSA) is 65.1 Å². The van der Waals surface area contributed by atoms with E-state index < -0.39 is 0 Å². The molecule has 24 heavy (non-hydrogen) atoms. The fourth-order valence-corrected chi connectivity index (χ4v) is 2.86. The molecule has 5 heteroatoms. The van der Waals surface area contributed by atoms with Gasteiger partial charge in [-0.05, 0) is 35.7 Å². The lowest BCUT2D eigenvalue weighted by Gasteiger charge is -2.18. The number of nitrogens with one attached hydrogen (secondary N) is 2. The van der Waals surface area contributed by atoms with E-state index in [1.807, 2.05) is 30.3 Å². The van der Waals surface area contributed by atoms with Crippen molar-refractivity contribution >= 4 is 16.8 Å². The number of benzene rings is 2. The first-order chi connectivity index (χ1) is 11.7. The van der Waals surface area contributed by atoms with Crippen molar-refractivity contribution in [3.63, 3.8) is 0 Å². The van der Waals surface area contributed by atoms with Crippen molar-refractivity contribution in [2.75, 3.05) is 6.61 Å². The Morgan fingerprint density at radius 2 is 2.00 bits per heavy atom. The fourth-order valence-electron chi connectivity index (χ4n) is 2.86. The van der Waals surface area contributed by atoms with E-state index in [1.165, 1.54) is 12.1 Å².